The van der Waals surface area contributed by atoms with Crippen LogP contribution in [0.2, 0.25) is 0 Å². The molecule has 0 radical (unpaired) electrons. The van der Waals surface area contributed by atoms with Crippen LogP contribution in [0, 0.1) is 5.92 Å². The van der Waals surface area contributed by atoms with Crippen molar-refractivity contribution in [3.63, 3.8) is 0 Å². The van der Waals surface area contributed by atoms with Crippen LogP contribution in [0.3, 0.4) is 0 Å². The minimum Gasteiger partial charge on any atom is -0.481 e. The molecule has 0 aliphatic carbocycles. The number of hydrogen-bond donors (Lipinski definition) is 3. The Bertz CT molecular complexity index is 291. The van der Waals surface area contributed by atoms with Gasteiger partial charge in [0.2, 0.25) is 5.91 Å². The van der Waals surface area contributed by atoms with Crippen molar-refractivity contribution in [3.05, 3.63) is 0 Å². The molecule has 0 aromatic rings. The van der Waals surface area contributed by atoms with Gasteiger partial charge in [0.1, 0.15) is 0 Å². The summed E-state index contributed by atoms with van der Waals surface area (Å²) in [5.41, 5.74) is 0. The van der Waals surface area contributed by atoms with Crippen LogP contribution in [-0.2, 0) is 9.59 Å². The molecule has 0 aromatic carbocycles. The molecule has 0 aliphatic heterocycles. The van der Waals surface area contributed by atoms with Gasteiger partial charge in [-0.3, -0.25) is 14.9 Å². The van der Waals surface area contributed by atoms with Crippen molar-refractivity contribution >= 4 is 17.9 Å². The van der Waals surface area contributed by atoms with Crippen molar-refractivity contribution in [2.45, 2.75) is 46.1 Å². The lowest BCUT2D eigenvalue weighted by Gasteiger charge is -2.13. The van der Waals surface area contributed by atoms with Crippen molar-refractivity contribution in [3.8, 4) is 0 Å². The highest BCUT2D eigenvalue weighted by molar-refractivity contribution is 5.94. The summed E-state index contributed by atoms with van der Waals surface area (Å²) in [6, 6.07) is -0.536. The Balaban J connectivity index is 3.93. The number of carboxylic acid groups (broad SMARTS) is 1. The number of carboxylic acids is 1. The number of nitrogens with one attached hydrogen (secondary N) is 2. The summed E-state index contributed by atoms with van der Waals surface area (Å²) in [4.78, 5) is 33.0. The summed E-state index contributed by atoms with van der Waals surface area (Å²) in [6.07, 6.45) is 0.720. The molecule has 98 valence electrons. The second kappa shape index (κ2) is 7.65. The van der Waals surface area contributed by atoms with E-state index in [9.17, 15) is 14.4 Å². The maximum atomic E-state index is 11.4. The third-order valence-corrected chi connectivity index (χ3v) is 2.30. The van der Waals surface area contributed by atoms with E-state index in [-0.39, 0.29) is 24.8 Å². The molecule has 17 heavy (non-hydrogen) atoms. The normalized spacial score (nSPS) is 13.6. The lowest BCUT2D eigenvalue weighted by molar-refractivity contribution is -0.138. The third-order valence-electron chi connectivity index (χ3n) is 2.30. The van der Waals surface area contributed by atoms with Gasteiger partial charge < -0.3 is 10.4 Å². The monoisotopic (exact) mass is 244 g/mol. The van der Waals surface area contributed by atoms with E-state index in [1.54, 1.807) is 6.92 Å². The second-order valence-corrected chi connectivity index (χ2v) is 4.24. The lowest BCUT2D eigenvalue weighted by Crippen LogP contribution is -2.43. The Labute approximate surface area is 101 Å². The highest BCUT2D eigenvalue weighted by atomic mass is 16.4. The second-order valence-electron chi connectivity index (χ2n) is 4.24. The van der Waals surface area contributed by atoms with Gasteiger partial charge in [-0.2, -0.15) is 0 Å². The molecule has 0 rings (SSSR count). The molecule has 2 atom stereocenters. The van der Waals surface area contributed by atoms with Crippen LogP contribution in [0.1, 0.15) is 40.0 Å². The van der Waals surface area contributed by atoms with E-state index < -0.39 is 17.9 Å². The van der Waals surface area contributed by atoms with Crippen LogP contribution in [0.15, 0.2) is 0 Å². The van der Waals surface area contributed by atoms with Crippen LogP contribution in [0.4, 0.5) is 4.79 Å². The van der Waals surface area contributed by atoms with Crippen LogP contribution >= 0.6 is 0 Å². The number of carbonyl (C=O) groups excluding carboxylic acids is 2. The fraction of sp³-hybridized carbons (Fsp3) is 0.727. The minimum atomic E-state index is -0.950. The minimum absolute atomic E-state index is 0.000701. The SMILES string of the molecule is CCC(C)NC(=O)NC(=O)CC(C)CC(=O)O. The first-order valence-corrected chi connectivity index (χ1v) is 5.67. The Morgan fingerprint density at radius 3 is 2.24 bits per heavy atom. The van der Waals surface area contributed by atoms with Crippen LogP contribution < -0.4 is 10.6 Å². The molecule has 6 heteroatoms. The van der Waals surface area contributed by atoms with E-state index in [1.165, 1.54) is 0 Å². The molecule has 0 aromatic heterocycles. The summed E-state index contributed by atoms with van der Waals surface area (Å²) in [7, 11) is 0. The highest BCUT2D eigenvalue weighted by Gasteiger charge is 2.15. The molecular formula is C11H20N2O4. The maximum Gasteiger partial charge on any atom is 0.321 e. The zero-order valence-corrected chi connectivity index (χ0v) is 10.4. The molecule has 3 amide bonds. The van der Waals surface area contributed by atoms with E-state index in [0.717, 1.165) is 6.42 Å². The Morgan fingerprint density at radius 1 is 1.18 bits per heavy atom. The smallest absolute Gasteiger partial charge is 0.321 e. The molecular weight excluding hydrogens is 224 g/mol. The standard InChI is InChI=1S/C11H20N2O4/c1-4-8(3)12-11(17)13-9(14)5-7(2)6-10(15)16/h7-8H,4-6H2,1-3H3,(H,15,16)(H2,12,13,14,17). The van der Waals surface area contributed by atoms with E-state index in [1.807, 2.05) is 13.8 Å². The van der Waals surface area contributed by atoms with Crippen LogP contribution in [-0.4, -0.2) is 29.1 Å². The third kappa shape index (κ3) is 8.24. The van der Waals surface area contributed by atoms with Crippen molar-refractivity contribution < 1.29 is 19.5 Å². The van der Waals surface area contributed by atoms with Crippen molar-refractivity contribution in [1.29, 1.82) is 0 Å². The molecule has 0 saturated carbocycles. The number of carbonyl (C=O) groups is 3. The number of aliphatic carboxylic acids is 1. The van der Waals surface area contributed by atoms with Crippen molar-refractivity contribution in [1.82, 2.24) is 10.6 Å². The maximum absolute atomic E-state index is 11.4. The molecule has 0 fully saturated rings. The van der Waals surface area contributed by atoms with E-state index in [2.05, 4.69) is 10.6 Å². The summed E-state index contributed by atoms with van der Waals surface area (Å²) in [6.45, 7) is 5.40. The zero-order chi connectivity index (χ0) is 13.4. The fourth-order valence-electron chi connectivity index (χ4n) is 1.23. The first kappa shape index (κ1) is 15.4. The van der Waals surface area contributed by atoms with E-state index in [4.69, 9.17) is 5.11 Å². The molecule has 0 saturated heterocycles. The first-order chi connectivity index (χ1) is 7.85. The largest absolute Gasteiger partial charge is 0.481 e. The van der Waals surface area contributed by atoms with Gasteiger partial charge in [0.05, 0.1) is 0 Å². The van der Waals surface area contributed by atoms with Gasteiger partial charge >= 0.3 is 12.0 Å². The summed E-state index contributed by atoms with van der Waals surface area (Å²) >= 11 is 0. The average Bonchev–Trinajstić information content (AvgIpc) is 2.14. The van der Waals surface area contributed by atoms with Crippen molar-refractivity contribution in [2.24, 2.45) is 5.92 Å². The highest BCUT2D eigenvalue weighted by Crippen LogP contribution is 2.06. The zero-order valence-electron chi connectivity index (χ0n) is 10.4. The lowest BCUT2D eigenvalue weighted by atomic mass is 10.0. The predicted molar refractivity (Wildman–Crippen MR) is 62.5 cm³/mol. The molecule has 0 aliphatic rings. The van der Waals surface area contributed by atoms with Gasteiger partial charge in [-0.15, -0.1) is 0 Å². The summed E-state index contributed by atoms with van der Waals surface area (Å²) < 4.78 is 0. The molecule has 0 heterocycles. The van der Waals surface area contributed by atoms with Gasteiger partial charge in [0.25, 0.3) is 0 Å². The molecule has 3 N–H and O–H groups in total. The molecule has 0 bridgehead atoms. The number of rotatable bonds is 6. The van der Waals surface area contributed by atoms with Gasteiger partial charge in [0, 0.05) is 18.9 Å². The van der Waals surface area contributed by atoms with Crippen LogP contribution in [0.25, 0.3) is 0 Å². The number of imide groups is 1. The van der Waals surface area contributed by atoms with Gasteiger partial charge in [-0.05, 0) is 19.3 Å². The average molecular weight is 244 g/mol. The van der Waals surface area contributed by atoms with Gasteiger partial charge in [0.15, 0.2) is 0 Å². The van der Waals surface area contributed by atoms with Gasteiger partial charge in [-0.1, -0.05) is 13.8 Å². The Hall–Kier alpha value is -1.59. The first-order valence-electron chi connectivity index (χ1n) is 5.67. The van der Waals surface area contributed by atoms with E-state index in [0.29, 0.717) is 0 Å². The quantitative estimate of drug-likeness (QED) is 0.652. The van der Waals surface area contributed by atoms with E-state index >= 15 is 0 Å². The predicted octanol–water partition coefficient (Wildman–Crippen LogP) is 1.11. The molecule has 0 spiro atoms. The van der Waals surface area contributed by atoms with Crippen molar-refractivity contribution in [2.75, 3.05) is 0 Å². The molecule has 2 unspecified atom stereocenters. The number of amides is 3. The number of urea groups is 1. The molecule has 6 nitrogen and oxygen atoms in total. The van der Waals surface area contributed by atoms with Gasteiger partial charge in [-0.25, -0.2) is 4.79 Å². The fourth-order valence-corrected chi connectivity index (χ4v) is 1.23. The number of hydrogen-bond acceptors (Lipinski definition) is 3. The Morgan fingerprint density at radius 2 is 1.76 bits per heavy atom. The van der Waals surface area contributed by atoms with Crippen LogP contribution in [0.5, 0.6) is 0 Å². The summed E-state index contributed by atoms with van der Waals surface area (Å²) in [5, 5.41) is 13.3. The topological polar surface area (TPSA) is 95.5 Å². The summed E-state index contributed by atoms with van der Waals surface area (Å²) in [5.74, 6) is -1.70. The Kier molecular flexibility index (Phi) is 6.93.